The molecule has 0 spiro atoms. The van der Waals surface area contributed by atoms with Gasteiger partial charge < -0.3 is 45.4 Å². The van der Waals surface area contributed by atoms with Crippen molar-refractivity contribution in [1.82, 2.24) is 5.32 Å². The number of phenolic OH excluding ortho intramolecular Hbond substituents is 4. The fraction of sp³-hybridized carbons (Fsp3) is 0.269. The standard InChI is InChI=1S/C26H27NO11/c1-27-25(35)26(36)12-20(32)24(38-23(34)9-5-15-3-7-17(29)19(31)11-15)21(13-26)37-22(33)8-4-14-2-6-16(28)18(30)10-14/h2-11,20-21,24,28-32,36H,12-13H2,1H3,(H,27,35)/b8-4+,9-5+/t20-,21-,24-,26+/m1/s1. The Balaban J connectivity index is 1.77. The lowest BCUT2D eigenvalue weighted by Crippen LogP contribution is -2.60. The number of carbonyl (C=O) groups is 3. The molecule has 0 radical (unpaired) electrons. The summed E-state index contributed by atoms with van der Waals surface area (Å²) in [5.74, 6) is -4.26. The van der Waals surface area contributed by atoms with Gasteiger partial charge >= 0.3 is 11.9 Å². The second-order valence-electron chi connectivity index (χ2n) is 8.63. The Bertz CT molecular complexity index is 1270. The normalized spacial score (nSPS) is 23.3. The number of aliphatic hydroxyl groups is 2. The maximum atomic E-state index is 12.5. The number of nitrogens with one attached hydrogen (secondary N) is 1. The predicted molar refractivity (Wildman–Crippen MR) is 132 cm³/mol. The second kappa shape index (κ2) is 11.7. The van der Waals surface area contributed by atoms with Crippen molar-refractivity contribution in [3.63, 3.8) is 0 Å². The Kier molecular flexibility index (Phi) is 8.61. The molecule has 0 unspecified atom stereocenters. The Morgan fingerprint density at radius 2 is 1.34 bits per heavy atom. The van der Waals surface area contributed by atoms with Crippen molar-refractivity contribution in [1.29, 1.82) is 0 Å². The van der Waals surface area contributed by atoms with Crippen LogP contribution in [-0.4, -0.2) is 79.4 Å². The summed E-state index contributed by atoms with van der Waals surface area (Å²) in [6.45, 7) is 0. The molecule has 1 amide bonds. The number of carbonyl (C=O) groups excluding carboxylic acids is 3. The summed E-state index contributed by atoms with van der Waals surface area (Å²) in [6, 6.07) is 7.65. The second-order valence-corrected chi connectivity index (χ2v) is 8.63. The van der Waals surface area contributed by atoms with Crippen molar-refractivity contribution in [3.8, 4) is 23.0 Å². The lowest BCUT2D eigenvalue weighted by Gasteiger charge is -2.41. The van der Waals surface area contributed by atoms with Gasteiger partial charge in [0.1, 0.15) is 11.7 Å². The van der Waals surface area contributed by atoms with Crippen LogP contribution in [0.5, 0.6) is 23.0 Å². The van der Waals surface area contributed by atoms with Gasteiger partial charge in [-0.3, -0.25) is 4.79 Å². The highest BCUT2D eigenvalue weighted by Crippen LogP contribution is 2.33. The lowest BCUT2D eigenvalue weighted by molar-refractivity contribution is -0.198. The van der Waals surface area contributed by atoms with E-state index in [0.717, 1.165) is 12.2 Å². The molecule has 0 aliphatic heterocycles. The number of aliphatic hydroxyl groups excluding tert-OH is 1. The number of rotatable bonds is 7. The first-order chi connectivity index (χ1) is 17.9. The molecule has 2 aromatic carbocycles. The van der Waals surface area contributed by atoms with E-state index in [1.54, 1.807) is 0 Å². The van der Waals surface area contributed by atoms with Crippen molar-refractivity contribution in [2.24, 2.45) is 0 Å². The Morgan fingerprint density at radius 1 is 0.842 bits per heavy atom. The minimum absolute atomic E-state index is 0.344. The van der Waals surface area contributed by atoms with Crippen molar-refractivity contribution < 1.29 is 54.5 Å². The number of likely N-dealkylation sites (N-methyl/N-ethyl adjacent to an activating group) is 1. The van der Waals surface area contributed by atoms with Crippen LogP contribution >= 0.6 is 0 Å². The molecule has 12 heteroatoms. The first-order valence-electron chi connectivity index (χ1n) is 11.4. The molecule has 1 aliphatic rings. The molecule has 12 nitrogen and oxygen atoms in total. The van der Waals surface area contributed by atoms with Crippen LogP contribution in [0.25, 0.3) is 12.2 Å². The molecule has 2 aromatic rings. The van der Waals surface area contributed by atoms with E-state index in [1.807, 2.05) is 0 Å². The van der Waals surface area contributed by atoms with Crippen LogP contribution < -0.4 is 5.32 Å². The summed E-state index contributed by atoms with van der Waals surface area (Å²) in [7, 11) is 1.28. The minimum atomic E-state index is -2.12. The topological polar surface area (TPSA) is 203 Å². The average molecular weight is 529 g/mol. The van der Waals surface area contributed by atoms with Crippen LogP contribution in [-0.2, 0) is 23.9 Å². The van der Waals surface area contributed by atoms with E-state index in [2.05, 4.69) is 5.32 Å². The van der Waals surface area contributed by atoms with Crippen LogP contribution in [0.15, 0.2) is 48.6 Å². The number of amides is 1. The zero-order valence-electron chi connectivity index (χ0n) is 20.1. The molecular weight excluding hydrogens is 502 g/mol. The molecule has 1 aliphatic carbocycles. The minimum Gasteiger partial charge on any atom is -0.504 e. The van der Waals surface area contributed by atoms with E-state index in [9.17, 15) is 45.0 Å². The van der Waals surface area contributed by atoms with Crippen molar-refractivity contribution in [2.45, 2.75) is 36.8 Å². The SMILES string of the molecule is CNC(=O)[C@]1(O)C[C@@H](O)[C@@H](OC(=O)/C=C/c2ccc(O)c(O)c2)[C@H](OC(=O)/C=C/c2ccc(O)c(O)c2)C1. The third kappa shape index (κ3) is 6.81. The summed E-state index contributed by atoms with van der Waals surface area (Å²) in [5, 5.41) is 61.6. The van der Waals surface area contributed by atoms with Crippen LogP contribution in [0, 0.1) is 0 Å². The molecule has 3 rings (SSSR count). The third-order valence-corrected chi connectivity index (χ3v) is 5.82. The van der Waals surface area contributed by atoms with Crippen LogP contribution in [0.2, 0.25) is 0 Å². The van der Waals surface area contributed by atoms with Gasteiger partial charge in [0.25, 0.3) is 5.91 Å². The molecule has 202 valence electrons. The van der Waals surface area contributed by atoms with Crippen molar-refractivity contribution in [2.75, 3.05) is 7.05 Å². The number of benzene rings is 2. The van der Waals surface area contributed by atoms with Gasteiger partial charge in [0.2, 0.25) is 0 Å². The molecular formula is C26H27NO11. The first-order valence-corrected chi connectivity index (χ1v) is 11.4. The number of esters is 2. The van der Waals surface area contributed by atoms with Gasteiger partial charge in [0, 0.05) is 32.0 Å². The number of aromatic hydroxyl groups is 4. The van der Waals surface area contributed by atoms with E-state index in [1.165, 1.54) is 55.6 Å². The molecule has 7 N–H and O–H groups in total. The first kappa shape index (κ1) is 28.0. The van der Waals surface area contributed by atoms with Crippen molar-refractivity contribution in [3.05, 3.63) is 59.7 Å². The fourth-order valence-corrected chi connectivity index (χ4v) is 3.90. The number of phenols is 4. The van der Waals surface area contributed by atoms with Gasteiger partial charge in [-0.05, 0) is 47.5 Å². The number of hydrogen-bond donors (Lipinski definition) is 7. The lowest BCUT2D eigenvalue weighted by atomic mass is 9.78. The maximum absolute atomic E-state index is 12.5. The Morgan fingerprint density at radius 3 is 1.82 bits per heavy atom. The van der Waals surface area contributed by atoms with Crippen LogP contribution in [0.3, 0.4) is 0 Å². The summed E-state index contributed by atoms with van der Waals surface area (Å²) >= 11 is 0. The van der Waals surface area contributed by atoms with E-state index >= 15 is 0 Å². The van der Waals surface area contributed by atoms with Gasteiger partial charge in [-0.2, -0.15) is 0 Å². The molecule has 1 fully saturated rings. The maximum Gasteiger partial charge on any atom is 0.331 e. The van der Waals surface area contributed by atoms with E-state index in [-0.39, 0.29) is 11.5 Å². The molecule has 0 bridgehead atoms. The summed E-state index contributed by atoms with van der Waals surface area (Å²) in [4.78, 5) is 37.2. The molecule has 4 atom stereocenters. The molecule has 0 saturated heterocycles. The van der Waals surface area contributed by atoms with Gasteiger partial charge in [-0.15, -0.1) is 0 Å². The predicted octanol–water partition coefficient (Wildman–Crippen LogP) is 0.691. The highest BCUT2D eigenvalue weighted by atomic mass is 16.6. The van der Waals surface area contributed by atoms with Crippen molar-refractivity contribution >= 4 is 30.0 Å². The molecule has 0 aromatic heterocycles. The summed E-state index contributed by atoms with van der Waals surface area (Å²) in [6.07, 6.45) is -0.959. The van der Waals surface area contributed by atoms with E-state index < -0.39 is 66.1 Å². The molecule has 38 heavy (non-hydrogen) atoms. The van der Waals surface area contributed by atoms with Gasteiger partial charge in [-0.25, -0.2) is 9.59 Å². The molecule has 0 heterocycles. The highest BCUT2D eigenvalue weighted by molar-refractivity contribution is 5.89. The average Bonchev–Trinajstić information content (AvgIpc) is 2.87. The quantitative estimate of drug-likeness (QED) is 0.151. The van der Waals surface area contributed by atoms with Gasteiger partial charge in [0.05, 0.1) is 6.10 Å². The van der Waals surface area contributed by atoms with Gasteiger partial charge in [0.15, 0.2) is 29.1 Å². The van der Waals surface area contributed by atoms with Gasteiger partial charge in [-0.1, -0.05) is 12.1 Å². The summed E-state index contributed by atoms with van der Waals surface area (Å²) in [5.41, 5.74) is -1.42. The van der Waals surface area contributed by atoms with Crippen LogP contribution in [0.4, 0.5) is 0 Å². The zero-order valence-corrected chi connectivity index (χ0v) is 20.1. The Hall–Kier alpha value is -4.55. The zero-order chi connectivity index (χ0) is 28.0. The number of ether oxygens (including phenoxy) is 2. The smallest absolute Gasteiger partial charge is 0.331 e. The van der Waals surface area contributed by atoms with E-state index in [0.29, 0.717) is 11.1 Å². The third-order valence-electron chi connectivity index (χ3n) is 5.82. The highest BCUT2D eigenvalue weighted by Gasteiger charge is 2.51. The summed E-state index contributed by atoms with van der Waals surface area (Å²) < 4.78 is 10.6. The monoisotopic (exact) mass is 529 g/mol. The van der Waals surface area contributed by atoms with E-state index in [4.69, 9.17) is 9.47 Å². The fourth-order valence-electron chi connectivity index (χ4n) is 3.90. The Labute approximate surface area is 216 Å². The largest absolute Gasteiger partial charge is 0.504 e. The molecule has 1 saturated carbocycles. The van der Waals surface area contributed by atoms with Crippen LogP contribution in [0.1, 0.15) is 24.0 Å². The number of hydrogen-bond acceptors (Lipinski definition) is 11.